The van der Waals surface area contributed by atoms with Crippen LogP contribution in [0.15, 0.2) is 18.2 Å². The van der Waals surface area contributed by atoms with Gasteiger partial charge in [0.25, 0.3) is 0 Å². The molecule has 0 aliphatic rings. The van der Waals surface area contributed by atoms with E-state index < -0.39 is 0 Å². The number of carbonyl (C=O) groups is 1. The molecule has 0 bridgehead atoms. The van der Waals surface area contributed by atoms with E-state index in [2.05, 4.69) is 5.32 Å². The van der Waals surface area contributed by atoms with Gasteiger partial charge in [-0.25, -0.2) is 0 Å². The minimum absolute atomic E-state index is 0.112. The SMILES string of the molecule is Cc1ccc(C#N)c(NC(=O)CCl)c1. The van der Waals surface area contributed by atoms with E-state index in [-0.39, 0.29) is 11.8 Å². The molecule has 72 valence electrons. The summed E-state index contributed by atoms with van der Waals surface area (Å²) in [6.07, 6.45) is 0. The van der Waals surface area contributed by atoms with Crippen LogP contribution in [0.2, 0.25) is 0 Å². The van der Waals surface area contributed by atoms with E-state index in [1.807, 2.05) is 19.1 Å². The number of benzene rings is 1. The number of hydrogen-bond acceptors (Lipinski definition) is 2. The summed E-state index contributed by atoms with van der Waals surface area (Å²) in [5.41, 5.74) is 1.93. The summed E-state index contributed by atoms with van der Waals surface area (Å²) < 4.78 is 0. The Bertz CT molecular complexity index is 396. The molecule has 0 heterocycles. The van der Waals surface area contributed by atoms with Crippen molar-refractivity contribution in [3.63, 3.8) is 0 Å². The molecule has 0 unspecified atom stereocenters. The molecule has 0 aliphatic heterocycles. The first-order valence-corrected chi connectivity index (χ1v) is 4.57. The van der Waals surface area contributed by atoms with Crippen molar-refractivity contribution in [3.8, 4) is 6.07 Å². The average Bonchev–Trinajstić information content (AvgIpc) is 2.18. The van der Waals surface area contributed by atoms with Crippen molar-refractivity contribution >= 4 is 23.2 Å². The van der Waals surface area contributed by atoms with Crippen molar-refractivity contribution in [2.75, 3.05) is 11.2 Å². The number of aryl methyl sites for hydroxylation is 1. The fourth-order valence-corrected chi connectivity index (χ4v) is 1.11. The Morgan fingerprint density at radius 2 is 2.36 bits per heavy atom. The minimum atomic E-state index is -0.311. The predicted molar refractivity (Wildman–Crippen MR) is 55.2 cm³/mol. The van der Waals surface area contributed by atoms with Gasteiger partial charge >= 0.3 is 0 Å². The van der Waals surface area contributed by atoms with Gasteiger partial charge in [-0.3, -0.25) is 4.79 Å². The van der Waals surface area contributed by atoms with Gasteiger partial charge in [-0.15, -0.1) is 11.6 Å². The number of nitrogens with zero attached hydrogens (tertiary/aromatic N) is 1. The van der Waals surface area contributed by atoms with E-state index in [1.54, 1.807) is 12.1 Å². The topological polar surface area (TPSA) is 52.9 Å². The molecule has 1 amide bonds. The number of nitrogens with one attached hydrogen (secondary N) is 1. The molecule has 1 rings (SSSR count). The van der Waals surface area contributed by atoms with Crippen molar-refractivity contribution in [3.05, 3.63) is 29.3 Å². The maximum atomic E-state index is 11.0. The van der Waals surface area contributed by atoms with Crippen molar-refractivity contribution in [1.29, 1.82) is 5.26 Å². The van der Waals surface area contributed by atoms with Crippen molar-refractivity contribution in [2.45, 2.75) is 6.92 Å². The van der Waals surface area contributed by atoms with Gasteiger partial charge in [0.05, 0.1) is 11.3 Å². The maximum absolute atomic E-state index is 11.0. The van der Waals surface area contributed by atoms with E-state index >= 15 is 0 Å². The fraction of sp³-hybridized carbons (Fsp3) is 0.200. The van der Waals surface area contributed by atoms with Crippen LogP contribution in [0.3, 0.4) is 0 Å². The second-order valence-corrected chi connectivity index (χ2v) is 3.11. The molecular formula is C10H9ClN2O. The number of carbonyl (C=O) groups excluding carboxylic acids is 1. The molecule has 0 saturated heterocycles. The highest BCUT2D eigenvalue weighted by molar-refractivity contribution is 6.29. The number of nitriles is 1. The standard InChI is InChI=1S/C10H9ClN2O/c1-7-2-3-8(6-12)9(4-7)13-10(14)5-11/h2-4H,5H2,1H3,(H,13,14). The monoisotopic (exact) mass is 208 g/mol. The smallest absolute Gasteiger partial charge is 0.239 e. The van der Waals surface area contributed by atoms with Crippen LogP contribution in [-0.2, 0) is 4.79 Å². The summed E-state index contributed by atoms with van der Waals surface area (Å²) in [4.78, 5) is 11.0. The third-order valence-corrected chi connectivity index (χ3v) is 1.93. The first-order valence-electron chi connectivity index (χ1n) is 4.04. The summed E-state index contributed by atoms with van der Waals surface area (Å²) in [5, 5.41) is 11.3. The Kier molecular flexibility index (Phi) is 3.49. The highest BCUT2D eigenvalue weighted by Crippen LogP contribution is 2.16. The zero-order valence-corrected chi connectivity index (χ0v) is 8.43. The van der Waals surface area contributed by atoms with Crippen LogP contribution in [0.25, 0.3) is 0 Å². The van der Waals surface area contributed by atoms with Crippen LogP contribution in [0.4, 0.5) is 5.69 Å². The third kappa shape index (κ3) is 2.48. The summed E-state index contributed by atoms with van der Waals surface area (Å²) in [5.74, 6) is -0.424. The van der Waals surface area contributed by atoms with Gasteiger partial charge in [0.15, 0.2) is 0 Å². The van der Waals surface area contributed by atoms with Crippen LogP contribution in [0.1, 0.15) is 11.1 Å². The van der Waals surface area contributed by atoms with Gasteiger partial charge in [-0.05, 0) is 24.6 Å². The number of amides is 1. The van der Waals surface area contributed by atoms with Crippen LogP contribution in [-0.4, -0.2) is 11.8 Å². The van der Waals surface area contributed by atoms with E-state index in [0.29, 0.717) is 11.3 Å². The Morgan fingerprint density at radius 3 is 2.93 bits per heavy atom. The van der Waals surface area contributed by atoms with Crippen molar-refractivity contribution in [1.82, 2.24) is 0 Å². The Hall–Kier alpha value is -1.53. The van der Waals surface area contributed by atoms with Crippen LogP contribution in [0.5, 0.6) is 0 Å². The van der Waals surface area contributed by atoms with Gasteiger partial charge in [0.2, 0.25) is 5.91 Å². The zero-order chi connectivity index (χ0) is 10.6. The number of halogens is 1. The molecule has 4 heteroatoms. The van der Waals surface area contributed by atoms with Gasteiger partial charge in [-0.1, -0.05) is 6.07 Å². The highest BCUT2D eigenvalue weighted by Gasteiger charge is 2.05. The van der Waals surface area contributed by atoms with Gasteiger partial charge in [0.1, 0.15) is 11.9 Å². The molecule has 0 fully saturated rings. The molecule has 0 aromatic heterocycles. The lowest BCUT2D eigenvalue weighted by Gasteiger charge is -2.05. The molecule has 0 radical (unpaired) electrons. The largest absolute Gasteiger partial charge is 0.324 e. The Balaban J connectivity index is 3.00. The molecule has 1 aromatic rings. The number of anilines is 1. The van der Waals surface area contributed by atoms with E-state index in [1.165, 1.54) is 0 Å². The number of hydrogen-bond donors (Lipinski definition) is 1. The summed E-state index contributed by atoms with van der Waals surface area (Å²) in [6, 6.07) is 7.21. The first kappa shape index (κ1) is 10.6. The summed E-state index contributed by atoms with van der Waals surface area (Å²) >= 11 is 5.34. The molecule has 1 aromatic carbocycles. The molecule has 3 nitrogen and oxygen atoms in total. The lowest BCUT2D eigenvalue weighted by Crippen LogP contribution is -2.13. The lowest BCUT2D eigenvalue weighted by molar-refractivity contribution is -0.113. The molecule has 0 spiro atoms. The Labute approximate surface area is 87.3 Å². The zero-order valence-electron chi connectivity index (χ0n) is 7.67. The number of alkyl halides is 1. The summed E-state index contributed by atoms with van der Waals surface area (Å²) in [6.45, 7) is 1.89. The Morgan fingerprint density at radius 1 is 1.64 bits per heavy atom. The minimum Gasteiger partial charge on any atom is -0.324 e. The lowest BCUT2D eigenvalue weighted by atomic mass is 10.1. The second-order valence-electron chi connectivity index (χ2n) is 2.84. The van der Waals surface area contributed by atoms with E-state index in [9.17, 15) is 4.79 Å². The molecule has 0 saturated carbocycles. The molecule has 0 atom stereocenters. The van der Waals surface area contributed by atoms with Crippen LogP contribution < -0.4 is 5.32 Å². The molecule has 1 N–H and O–H groups in total. The fourth-order valence-electron chi connectivity index (χ4n) is 1.04. The maximum Gasteiger partial charge on any atom is 0.239 e. The average molecular weight is 209 g/mol. The molecule has 0 aliphatic carbocycles. The highest BCUT2D eigenvalue weighted by atomic mass is 35.5. The van der Waals surface area contributed by atoms with Gasteiger partial charge < -0.3 is 5.32 Å². The second kappa shape index (κ2) is 4.64. The predicted octanol–water partition coefficient (Wildman–Crippen LogP) is 2.04. The normalized spacial score (nSPS) is 9.21. The van der Waals surface area contributed by atoms with E-state index in [4.69, 9.17) is 16.9 Å². The quantitative estimate of drug-likeness (QED) is 0.757. The molecular weight excluding hydrogens is 200 g/mol. The van der Waals surface area contributed by atoms with Gasteiger partial charge in [0, 0.05) is 0 Å². The van der Waals surface area contributed by atoms with Gasteiger partial charge in [-0.2, -0.15) is 5.26 Å². The van der Waals surface area contributed by atoms with Crippen molar-refractivity contribution in [2.24, 2.45) is 0 Å². The van der Waals surface area contributed by atoms with E-state index in [0.717, 1.165) is 5.56 Å². The third-order valence-electron chi connectivity index (χ3n) is 1.69. The summed E-state index contributed by atoms with van der Waals surface area (Å²) in [7, 11) is 0. The molecule has 14 heavy (non-hydrogen) atoms. The number of rotatable bonds is 2. The van der Waals surface area contributed by atoms with Crippen molar-refractivity contribution < 1.29 is 4.79 Å². The van der Waals surface area contributed by atoms with Crippen LogP contribution in [0, 0.1) is 18.3 Å². The van der Waals surface area contributed by atoms with Crippen LogP contribution >= 0.6 is 11.6 Å². The first-order chi connectivity index (χ1) is 6.67.